The molecule has 2 nitrogen and oxygen atoms in total. The third-order valence-electron chi connectivity index (χ3n) is 1.23. The van der Waals surface area contributed by atoms with Crippen LogP contribution in [0.3, 0.4) is 0 Å². The van der Waals surface area contributed by atoms with Crippen LogP contribution >= 0.6 is 12.2 Å². The van der Waals surface area contributed by atoms with Crippen LogP contribution in [0.2, 0.25) is 0 Å². The quantitative estimate of drug-likeness (QED) is 0.568. The maximum absolute atomic E-state index is 4.88. The van der Waals surface area contributed by atoms with Crippen LogP contribution in [0.15, 0.2) is 17.1 Å². The van der Waals surface area contributed by atoms with E-state index in [0.717, 1.165) is 11.5 Å². The van der Waals surface area contributed by atoms with Gasteiger partial charge in [-0.1, -0.05) is 18.3 Å². The summed E-state index contributed by atoms with van der Waals surface area (Å²) in [5, 5.41) is 3.11. The zero-order valence-electron chi connectivity index (χ0n) is 5.87. The topological polar surface area (TPSA) is 24.4 Å². The van der Waals surface area contributed by atoms with Crippen LogP contribution in [0.25, 0.3) is 0 Å². The fourth-order valence-corrected chi connectivity index (χ4v) is 0.986. The summed E-state index contributed by atoms with van der Waals surface area (Å²) < 4.78 is 0. The van der Waals surface area contributed by atoms with E-state index in [4.69, 9.17) is 12.2 Å². The van der Waals surface area contributed by atoms with Crippen molar-refractivity contribution in [2.45, 2.75) is 13.0 Å². The molecule has 0 amide bonds. The molecule has 0 spiro atoms. The molecule has 0 saturated heterocycles. The molecule has 0 aliphatic carbocycles. The molecule has 10 heavy (non-hydrogen) atoms. The monoisotopic (exact) mass is 154 g/mol. The summed E-state index contributed by atoms with van der Waals surface area (Å²) in [4.78, 5) is 4.90. The van der Waals surface area contributed by atoms with Crippen molar-refractivity contribution in [2.75, 3.05) is 6.54 Å². The normalized spacial score (nSPS) is 22.7. The minimum absolute atomic E-state index is 0.308. The van der Waals surface area contributed by atoms with Gasteiger partial charge in [-0.3, -0.25) is 4.99 Å². The van der Waals surface area contributed by atoms with E-state index >= 15 is 0 Å². The summed E-state index contributed by atoms with van der Waals surface area (Å²) in [6.45, 7) is 2.67. The SMILES string of the molecule is CC(=S)NC1C=CC=NC1. The van der Waals surface area contributed by atoms with Gasteiger partial charge in [-0.2, -0.15) is 0 Å². The second-order valence-electron chi connectivity index (χ2n) is 2.21. The van der Waals surface area contributed by atoms with Crippen LogP contribution in [-0.4, -0.2) is 23.8 Å². The number of dihydropyridines is 1. The number of aliphatic imine (C=N–C) groups is 1. The fourth-order valence-electron chi connectivity index (χ4n) is 0.835. The molecule has 0 bridgehead atoms. The van der Waals surface area contributed by atoms with Crippen molar-refractivity contribution in [1.29, 1.82) is 0 Å². The zero-order chi connectivity index (χ0) is 7.40. The molecule has 0 radical (unpaired) electrons. The highest BCUT2D eigenvalue weighted by Gasteiger charge is 2.03. The van der Waals surface area contributed by atoms with E-state index in [9.17, 15) is 0 Å². The minimum atomic E-state index is 0.308. The second-order valence-corrected chi connectivity index (χ2v) is 2.82. The molecule has 0 saturated carbocycles. The van der Waals surface area contributed by atoms with Gasteiger partial charge in [0.1, 0.15) is 0 Å². The predicted molar refractivity (Wildman–Crippen MR) is 47.7 cm³/mol. The Balaban J connectivity index is 2.37. The van der Waals surface area contributed by atoms with Crippen molar-refractivity contribution < 1.29 is 0 Å². The van der Waals surface area contributed by atoms with Gasteiger partial charge in [-0.15, -0.1) is 0 Å². The molecule has 3 heteroatoms. The van der Waals surface area contributed by atoms with E-state index in [0.29, 0.717) is 6.04 Å². The molecule has 1 unspecified atom stereocenters. The average Bonchev–Trinajstić information content (AvgIpc) is 1.88. The average molecular weight is 154 g/mol. The van der Waals surface area contributed by atoms with Gasteiger partial charge in [0.2, 0.25) is 0 Å². The van der Waals surface area contributed by atoms with Crippen molar-refractivity contribution in [2.24, 2.45) is 4.99 Å². The van der Waals surface area contributed by atoms with Gasteiger partial charge >= 0.3 is 0 Å². The summed E-state index contributed by atoms with van der Waals surface area (Å²) in [6, 6.07) is 0.308. The fraction of sp³-hybridized carbons (Fsp3) is 0.429. The number of nitrogens with one attached hydrogen (secondary N) is 1. The Morgan fingerprint density at radius 3 is 3.10 bits per heavy atom. The number of nitrogens with zero attached hydrogens (tertiary/aromatic N) is 1. The maximum Gasteiger partial charge on any atom is 0.0727 e. The van der Waals surface area contributed by atoms with Gasteiger partial charge in [0.05, 0.1) is 17.6 Å². The Bertz CT molecular complexity index is 184. The highest BCUT2D eigenvalue weighted by molar-refractivity contribution is 7.80. The van der Waals surface area contributed by atoms with Crippen LogP contribution in [0.4, 0.5) is 0 Å². The third kappa shape index (κ3) is 2.27. The van der Waals surface area contributed by atoms with Gasteiger partial charge in [0, 0.05) is 6.21 Å². The highest BCUT2D eigenvalue weighted by Crippen LogP contribution is 1.92. The molecular formula is C7H10N2S. The van der Waals surface area contributed by atoms with Crippen molar-refractivity contribution in [3.63, 3.8) is 0 Å². The maximum atomic E-state index is 4.88. The summed E-state index contributed by atoms with van der Waals surface area (Å²) in [7, 11) is 0. The Morgan fingerprint density at radius 2 is 2.60 bits per heavy atom. The molecule has 1 heterocycles. The number of hydrogen-bond acceptors (Lipinski definition) is 2. The Kier molecular flexibility index (Phi) is 2.57. The summed E-state index contributed by atoms with van der Waals surface area (Å²) in [6.07, 6.45) is 5.79. The summed E-state index contributed by atoms with van der Waals surface area (Å²) >= 11 is 4.88. The van der Waals surface area contributed by atoms with Crippen molar-refractivity contribution >= 4 is 23.4 Å². The van der Waals surface area contributed by atoms with Crippen molar-refractivity contribution in [3.05, 3.63) is 12.2 Å². The van der Waals surface area contributed by atoms with Crippen molar-refractivity contribution in [3.8, 4) is 0 Å². The first-order valence-corrected chi connectivity index (χ1v) is 3.63. The first kappa shape index (κ1) is 7.41. The largest absolute Gasteiger partial charge is 0.372 e. The van der Waals surface area contributed by atoms with Gasteiger partial charge in [0.15, 0.2) is 0 Å². The summed E-state index contributed by atoms with van der Waals surface area (Å²) in [5.74, 6) is 0. The highest BCUT2D eigenvalue weighted by atomic mass is 32.1. The van der Waals surface area contributed by atoms with Gasteiger partial charge < -0.3 is 5.32 Å². The lowest BCUT2D eigenvalue weighted by atomic mass is 10.2. The third-order valence-corrected chi connectivity index (χ3v) is 1.34. The molecule has 0 aromatic heterocycles. The lowest BCUT2D eigenvalue weighted by Crippen LogP contribution is -2.33. The molecular weight excluding hydrogens is 144 g/mol. The molecule has 0 aromatic rings. The lowest BCUT2D eigenvalue weighted by molar-refractivity contribution is 0.738. The van der Waals surface area contributed by atoms with Crippen LogP contribution in [0.1, 0.15) is 6.92 Å². The van der Waals surface area contributed by atoms with E-state index in [1.54, 1.807) is 6.21 Å². The van der Waals surface area contributed by atoms with Crippen LogP contribution in [-0.2, 0) is 0 Å². The number of rotatable bonds is 1. The van der Waals surface area contributed by atoms with Gasteiger partial charge in [-0.25, -0.2) is 0 Å². The van der Waals surface area contributed by atoms with Gasteiger partial charge in [-0.05, 0) is 13.0 Å². The minimum Gasteiger partial charge on any atom is -0.372 e. The molecule has 0 aromatic carbocycles. The van der Waals surface area contributed by atoms with Crippen LogP contribution in [0.5, 0.6) is 0 Å². The Hall–Kier alpha value is -0.700. The smallest absolute Gasteiger partial charge is 0.0727 e. The number of allylic oxidation sites excluding steroid dienone is 1. The second kappa shape index (κ2) is 3.46. The number of hydrogen-bond donors (Lipinski definition) is 1. The summed E-state index contributed by atoms with van der Waals surface area (Å²) in [5.41, 5.74) is 0. The molecule has 1 N–H and O–H groups in total. The van der Waals surface area contributed by atoms with Crippen LogP contribution in [0, 0.1) is 0 Å². The van der Waals surface area contributed by atoms with Crippen LogP contribution < -0.4 is 5.32 Å². The predicted octanol–water partition coefficient (Wildman–Crippen LogP) is 0.932. The number of thiocarbonyl (C=S) groups is 1. The molecule has 1 aliphatic heterocycles. The Morgan fingerprint density at radius 1 is 1.80 bits per heavy atom. The molecule has 54 valence electrons. The molecule has 1 atom stereocenters. The molecule has 1 aliphatic rings. The first-order valence-electron chi connectivity index (χ1n) is 3.23. The first-order chi connectivity index (χ1) is 4.79. The standard InChI is InChI=1S/C7H10N2S/c1-6(10)9-7-3-2-4-8-5-7/h2-4,7H,5H2,1H3,(H,9,10). The van der Waals surface area contributed by atoms with E-state index in [1.165, 1.54) is 0 Å². The zero-order valence-corrected chi connectivity index (χ0v) is 6.69. The van der Waals surface area contributed by atoms with Gasteiger partial charge in [0.25, 0.3) is 0 Å². The van der Waals surface area contributed by atoms with E-state index < -0.39 is 0 Å². The lowest BCUT2D eigenvalue weighted by Gasteiger charge is -2.13. The van der Waals surface area contributed by atoms with E-state index in [-0.39, 0.29) is 0 Å². The van der Waals surface area contributed by atoms with Crippen molar-refractivity contribution in [1.82, 2.24) is 5.32 Å². The van der Waals surface area contributed by atoms with E-state index in [2.05, 4.69) is 16.4 Å². The molecule has 0 fully saturated rings. The Labute approximate surface area is 66.0 Å². The molecule has 1 rings (SSSR count). The van der Waals surface area contributed by atoms with E-state index in [1.807, 2.05) is 13.0 Å².